The molecular formula is C13H14BrNO2. The second kappa shape index (κ2) is 6.25. The van der Waals surface area contributed by atoms with Crippen molar-refractivity contribution in [2.45, 2.75) is 7.43 Å². The minimum absolute atomic E-state index is 0. The predicted molar refractivity (Wildman–Crippen MR) is 71.7 cm³/mol. The topological polar surface area (TPSA) is 31.4 Å². The molecule has 0 N–H and O–H groups in total. The molecule has 90 valence electrons. The number of methoxy groups -OCH3 is 1. The van der Waals surface area contributed by atoms with Crippen molar-refractivity contribution in [1.82, 2.24) is 4.98 Å². The zero-order chi connectivity index (χ0) is 11.4. The van der Waals surface area contributed by atoms with E-state index in [9.17, 15) is 0 Å². The zero-order valence-electron chi connectivity index (χ0n) is 8.68. The van der Waals surface area contributed by atoms with E-state index in [1.807, 2.05) is 30.3 Å². The smallest absolute Gasteiger partial charge is 0.213 e. The van der Waals surface area contributed by atoms with Gasteiger partial charge in [0, 0.05) is 10.5 Å². The van der Waals surface area contributed by atoms with E-state index in [0.717, 1.165) is 10.2 Å². The fraction of sp³-hybridized carbons (Fsp3) is 0.154. The Morgan fingerprint density at radius 3 is 2.53 bits per heavy atom. The van der Waals surface area contributed by atoms with Crippen LogP contribution < -0.4 is 9.47 Å². The highest BCUT2D eigenvalue weighted by Gasteiger charge is 1.99. The lowest BCUT2D eigenvalue weighted by Gasteiger charge is -2.05. The minimum Gasteiger partial charge on any atom is -0.481 e. The third-order valence-corrected chi connectivity index (χ3v) is 2.44. The van der Waals surface area contributed by atoms with E-state index in [4.69, 9.17) is 9.47 Å². The Morgan fingerprint density at radius 2 is 1.94 bits per heavy atom. The summed E-state index contributed by atoms with van der Waals surface area (Å²) in [5.74, 6) is 2.02. The predicted octanol–water partition coefficient (Wildman–Crippen LogP) is 4.28. The van der Waals surface area contributed by atoms with Gasteiger partial charge in [-0.25, -0.2) is 4.98 Å². The van der Waals surface area contributed by atoms with Gasteiger partial charge in [0.15, 0.2) is 0 Å². The van der Waals surface area contributed by atoms with Gasteiger partial charge in [-0.05, 0) is 24.3 Å². The molecule has 1 aromatic carbocycles. The van der Waals surface area contributed by atoms with Gasteiger partial charge in [-0.3, -0.25) is 0 Å². The highest BCUT2D eigenvalue weighted by atomic mass is 79.9. The molecule has 2 rings (SSSR count). The lowest BCUT2D eigenvalue weighted by atomic mass is 10.3. The van der Waals surface area contributed by atoms with E-state index in [1.165, 1.54) is 0 Å². The number of nitrogens with zero attached hydrogens (tertiary/aromatic N) is 1. The molecule has 0 aliphatic rings. The number of benzene rings is 1. The molecule has 0 unspecified atom stereocenters. The lowest BCUT2D eigenvalue weighted by Crippen LogP contribution is -1.88. The molecule has 0 saturated carbocycles. The molecule has 0 amide bonds. The summed E-state index contributed by atoms with van der Waals surface area (Å²) in [6.07, 6.45) is 1.62. The van der Waals surface area contributed by atoms with Crippen molar-refractivity contribution < 1.29 is 9.47 Å². The van der Waals surface area contributed by atoms with Crippen molar-refractivity contribution in [2.75, 3.05) is 7.11 Å². The van der Waals surface area contributed by atoms with Crippen LogP contribution >= 0.6 is 15.9 Å². The maximum absolute atomic E-state index is 5.61. The Kier molecular flexibility index (Phi) is 4.97. The van der Waals surface area contributed by atoms with E-state index < -0.39 is 0 Å². The van der Waals surface area contributed by atoms with Crippen molar-refractivity contribution >= 4 is 15.9 Å². The number of ether oxygens (including phenoxy) is 2. The van der Waals surface area contributed by atoms with Gasteiger partial charge >= 0.3 is 0 Å². The van der Waals surface area contributed by atoms with Gasteiger partial charge in [-0.15, -0.1) is 0 Å². The van der Waals surface area contributed by atoms with Gasteiger partial charge in [-0.1, -0.05) is 29.4 Å². The van der Waals surface area contributed by atoms with Crippen LogP contribution in [0, 0.1) is 0 Å². The van der Waals surface area contributed by atoms with Crippen molar-refractivity contribution in [3.8, 4) is 17.4 Å². The Morgan fingerprint density at radius 1 is 1.12 bits per heavy atom. The van der Waals surface area contributed by atoms with Crippen LogP contribution in [0.4, 0.5) is 0 Å². The molecule has 0 spiro atoms. The van der Waals surface area contributed by atoms with E-state index in [0.29, 0.717) is 11.6 Å². The van der Waals surface area contributed by atoms with Crippen LogP contribution in [-0.4, -0.2) is 12.1 Å². The molecule has 1 heterocycles. The van der Waals surface area contributed by atoms with Gasteiger partial charge in [0.2, 0.25) is 5.88 Å². The number of hydrogen-bond acceptors (Lipinski definition) is 3. The second-order valence-corrected chi connectivity index (χ2v) is 4.01. The largest absolute Gasteiger partial charge is 0.481 e. The summed E-state index contributed by atoms with van der Waals surface area (Å²) in [6.45, 7) is 0. The maximum Gasteiger partial charge on any atom is 0.213 e. The molecular weight excluding hydrogens is 282 g/mol. The highest BCUT2D eigenvalue weighted by molar-refractivity contribution is 9.10. The molecule has 17 heavy (non-hydrogen) atoms. The Balaban J connectivity index is 0.00000144. The SMILES string of the molecule is C.COc1ccc(Oc2cccc(Br)c2)cn1. The summed E-state index contributed by atoms with van der Waals surface area (Å²) in [4.78, 5) is 4.06. The first-order valence-corrected chi connectivity index (χ1v) is 5.51. The fourth-order valence-corrected chi connectivity index (χ4v) is 1.59. The molecule has 0 saturated heterocycles. The highest BCUT2D eigenvalue weighted by Crippen LogP contribution is 2.24. The summed E-state index contributed by atoms with van der Waals surface area (Å²) >= 11 is 3.38. The van der Waals surface area contributed by atoms with E-state index in [2.05, 4.69) is 20.9 Å². The summed E-state index contributed by atoms with van der Waals surface area (Å²) < 4.78 is 11.6. The Hall–Kier alpha value is -1.55. The first-order valence-electron chi connectivity index (χ1n) is 4.71. The van der Waals surface area contributed by atoms with Gasteiger partial charge in [0.1, 0.15) is 11.5 Å². The van der Waals surface area contributed by atoms with E-state index in [-0.39, 0.29) is 7.43 Å². The summed E-state index contributed by atoms with van der Waals surface area (Å²) in [5.41, 5.74) is 0. The second-order valence-electron chi connectivity index (χ2n) is 3.10. The molecule has 1 aromatic heterocycles. The Bertz CT molecular complexity index is 471. The van der Waals surface area contributed by atoms with Gasteiger partial charge in [-0.2, -0.15) is 0 Å². The summed E-state index contributed by atoms with van der Waals surface area (Å²) in [6, 6.07) is 11.2. The number of hydrogen-bond donors (Lipinski definition) is 0. The Labute approximate surface area is 110 Å². The number of pyridine rings is 1. The summed E-state index contributed by atoms with van der Waals surface area (Å²) in [7, 11) is 1.58. The third kappa shape index (κ3) is 3.75. The molecule has 0 radical (unpaired) electrons. The molecule has 0 atom stereocenters. The average molecular weight is 296 g/mol. The van der Waals surface area contributed by atoms with Gasteiger partial charge in [0.05, 0.1) is 13.3 Å². The molecule has 0 aliphatic heterocycles. The van der Waals surface area contributed by atoms with Crippen LogP contribution in [0.1, 0.15) is 7.43 Å². The zero-order valence-corrected chi connectivity index (χ0v) is 10.3. The normalized spacial score (nSPS) is 9.29. The molecule has 0 fully saturated rings. The molecule has 0 bridgehead atoms. The van der Waals surface area contributed by atoms with Crippen molar-refractivity contribution in [3.05, 3.63) is 47.1 Å². The minimum atomic E-state index is 0. The van der Waals surface area contributed by atoms with Crippen LogP contribution in [0.25, 0.3) is 0 Å². The maximum atomic E-state index is 5.61. The number of aromatic nitrogens is 1. The third-order valence-electron chi connectivity index (χ3n) is 1.95. The molecule has 0 aliphatic carbocycles. The quantitative estimate of drug-likeness (QED) is 0.847. The van der Waals surface area contributed by atoms with Crippen molar-refractivity contribution in [2.24, 2.45) is 0 Å². The van der Waals surface area contributed by atoms with Crippen LogP contribution in [-0.2, 0) is 0 Å². The molecule has 4 heteroatoms. The lowest BCUT2D eigenvalue weighted by molar-refractivity contribution is 0.395. The average Bonchev–Trinajstić information content (AvgIpc) is 2.30. The number of halogens is 1. The first kappa shape index (κ1) is 13.5. The van der Waals surface area contributed by atoms with Crippen LogP contribution in [0.15, 0.2) is 47.1 Å². The van der Waals surface area contributed by atoms with Crippen LogP contribution in [0.3, 0.4) is 0 Å². The number of rotatable bonds is 3. The fourth-order valence-electron chi connectivity index (χ4n) is 1.21. The van der Waals surface area contributed by atoms with E-state index >= 15 is 0 Å². The molecule has 2 aromatic rings. The van der Waals surface area contributed by atoms with Gasteiger partial charge < -0.3 is 9.47 Å². The van der Waals surface area contributed by atoms with Gasteiger partial charge in [0.25, 0.3) is 0 Å². The summed E-state index contributed by atoms with van der Waals surface area (Å²) in [5, 5.41) is 0. The molecule has 3 nitrogen and oxygen atoms in total. The van der Waals surface area contributed by atoms with Crippen LogP contribution in [0.5, 0.6) is 17.4 Å². The monoisotopic (exact) mass is 295 g/mol. The van der Waals surface area contributed by atoms with E-state index in [1.54, 1.807) is 19.4 Å². The van der Waals surface area contributed by atoms with Crippen LogP contribution in [0.2, 0.25) is 0 Å². The van der Waals surface area contributed by atoms with Crippen molar-refractivity contribution in [3.63, 3.8) is 0 Å². The first-order chi connectivity index (χ1) is 7.78. The standard InChI is InChI=1S/C12H10BrNO2.CH4/c1-15-12-6-5-11(8-14-12)16-10-4-2-3-9(13)7-10;/h2-8H,1H3;1H4. The van der Waals surface area contributed by atoms with Crippen molar-refractivity contribution in [1.29, 1.82) is 0 Å².